The highest BCUT2D eigenvalue weighted by Gasteiger charge is 2.59. The van der Waals surface area contributed by atoms with Crippen molar-refractivity contribution in [2.45, 2.75) is 50.2 Å². The minimum absolute atomic E-state index is 0.366. The third-order valence-electron chi connectivity index (χ3n) is 8.98. The first-order valence-corrected chi connectivity index (χ1v) is 15.8. The molecule has 7 atom stereocenters. The van der Waals surface area contributed by atoms with Gasteiger partial charge >= 0.3 is 0 Å². The first-order valence-electron chi connectivity index (χ1n) is 12.8. The SMILES string of the molecule is CC[C@H]1NC2C(c3ccccc3)=CC=C[C@H]2N1[Si](C)(C)C1C2C=CC=CC2C2C=CC=CC21. The summed E-state index contributed by atoms with van der Waals surface area (Å²) < 4.78 is 2.98. The first-order chi connectivity index (χ1) is 16.1. The molecule has 1 aromatic rings. The van der Waals surface area contributed by atoms with E-state index in [1.54, 1.807) is 0 Å². The summed E-state index contributed by atoms with van der Waals surface area (Å²) in [5.74, 6) is 2.58. The Labute approximate surface area is 200 Å². The van der Waals surface area contributed by atoms with Gasteiger partial charge in [0.2, 0.25) is 0 Å². The Bertz CT molecular complexity index is 1040. The molecule has 170 valence electrons. The molecule has 0 bridgehead atoms. The summed E-state index contributed by atoms with van der Waals surface area (Å²) in [7, 11) is -1.85. The highest BCUT2D eigenvalue weighted by Crippen LogP contribution is 2.59. The quantitative estimate of drug-likeness (QED) is 0.538. The maximum atomic E-state index is 4.09. The van der Waals surface area contributed by atoms with E-state index >= 15 is 0 Å². The smallest absolute Gasteiger partial charge is 0.129 e. The lowest BCUT2D eigenvalue weighted by Crippen LogP contribution is -2.60. The largest absolute Gasteiger partial charge is 0.301 e. The van der Waals surface area contributed by atoms with Crippen LogP contribution in [-0.4, -0.2) is 31.1 Å². The molecule has 3 heteroatoms. The molecule has 33 heavy (non-hydrogen) atoms. The van der Waals surface area contributed by atoms with Crippen molar-refractivity contribution >= 4 is 13.8 Å². The number of fused-ring (bicyclic) bond motifs is 4. The monoisotopic (exact) mass is 452 g/mol. The molecule has 0 aromatic heterocycles. The summed E-state index contributed by atoms with van der Waals surface area (Å²) >= 11 is 0. The van der Waals surface area contributed by atoms with Crippen molar-refractivity contribution in [2.75, 3.05) is 0 Å². The number of nitrogens with one attached hydrogen (secondary N) is 1. The van der Waals surface area contributed by atoms with Gasteiger partial charge in [-0.1, -0.05) is 117 Å². The maximum Gasteiger partial charge on any atom is 0.129 e. The highest BCUT2D eigenvalue weighted by atomic mass is 28.3. The molecule has 1 N–H and O–H groups in total. The van der Waals surface area contributed by atoms with Gasteiger partial charge in [0.25, 0.3) is 0 Å². The number of hydrogen-bond acceptors (Lipinski definition) is 2. The van der Waals surface area contributed by atoms with Gasteiger partial charge in [0.1, 0.15) is 8.24 Å². The molecule has 1 saturated carbocycles. The van der Waals surface area contributed by atoms with Gasteiger partial charge in [0.15, 0.2) is 0 Å². The first kappa shape index (κ1) is 21.3. The van der Waals surface area contributed by atoms with Gasteiger partial charge in [-0.2, -0.15) is 0 Å². The van der Waals surface area contributed by atoms with Crippen molar-refractivity contribution < 1.29 is 0 Å². The summed E-state index contributed by atoms with van der Waals surface area (Å²) in [5.41, 5.74) is 3.50. The molecule has 0 radical (unpaired) electrons. The van der Waals surface area contributed by atoms with Crippen LogP contribution in [0, 0.1) is 23.7 Å². The van der Waals surface area contributed by atoms with E-state index in [1.807, 2.05) is 0 Å². The average Bonchev–Trinajstić information content (AvgIpc) is 3.41. The summed E-state index contributed by atoms with van der Waals surface area (Å²) in [6, 6.07) is 11.8. The lowest BCUT2D eigenvalue weighted by atomic mass is 9.83. The fraction of sp³-hybridized carbons (Fsp3) is 0.400. The van der Waals surface area contributed by atoms with Crippen molar-refractivity contribution in [2.24, 2.45) is 23.7 Å². The topological polar surface area (TPSA) is 15.3 Å². The Balaban J connectivity index is 1.38. The van der Waals surface area contributed by atoms with E-state index in [0.29, 0.717) is 47.5 Å². The third kappa shape index (κ3) is 3.28. The van der Waals surface area contributed by atoms with Crippen LogP contribution in [0.4, 0.5) is 0 Å². The minimum Gasteiger partial charge on any atom is -0.301 e. The Morgan fingerprint density at radius 3 is 2.00 bits per heavy atom. The highest BCUT2D eigenvalue weighted by molar-refractivity contribution is 6.76. The lowest BCUT2D eigenvalue weighted by molar-refractivity contribution is 0.312. The summed E-state index contributed by atoms with van der Waals surface area (Å²) in [5, 5.41) is 4.09. The predicted molar refractivity (Wildman–Crippen MR) is 142 cm³/mol. The molecule has 0 spiro atoms. The van der Waals surface area contributed by atoms with Gasteiger partial charge in [-0.25, -0.2) is 0 Å². The molecular formula is C30H36N2Si. The summed E-state index contributed by atoms with van der Waals surface area (Å²) in [4.78, 5) is 0. The van der Waals surface area contributed by atoms with Crippen LogP contribution in [0.1, 0.15) is 18.9 Å². The molecule has 2 nitrogen and oxygen atoms in total. The fourth-order valence-electron chi connectivity index (χ4n) is 7.76. The Kier molecular flexibility index (Phi) is 5.32. The molecule has 1 heterocycles. The van der Waals surface area contributed by atoms with E-state index in [9.17, 15) is 0 Å². The van der Waals surface area contributed by atoms with Crippen LogP contribution in [0.2, 0.25) is 18.6 Å². The van der Waals surface area contributed by atoms with Gasteiger partial charge in [-0.05, 0) is 46.8 Å². The molecule has 5 aliphatic rings. The molecule has 6 rings (SSSR count). The number of nitrogens with zero attached hydrogens (tertiary/aromatic N) is 1. The van der Waals surface area contributed by atoms with E-state index in [-0.39, 0.29) is 0 Å². The van der Waals surface area contributed by atoms with Crippen LogP contribution in [0.5, 0.6) is 0 Å². The standard InChI is InChI=1S/C30H36N2Si/c1-4-28-31-29-22(21-13-6-5-7-14-21)19-12-20-27(29)32(28)33(2,3)30-25-17-10-8-15-23(25)24-16-9-11-18-26(24)30/h5-20,23-31H,4H2,1-3H3/t23?,24?,25?,26?,27-,28+,29?,30?/m1/s1. The van der Waals surface area contributed by atoms with Crippen molar-refractivity contribution in [1.82, 2.24) is 9.88 Å². The van der Waals surface area contributed by atoms with E-state index in [0.717, 1.165) is 6.42 Å². The predicted octanol–water partition coefficient (Wildman–Crippen LogP) is 6.32. The molecule has 0 amide bonds. The fourth-order valence-corrected chi connectivity index (χ4v) is 12.7. The van der Waals surface area contributed by atoms with Gasteiger partial charge in [-0.3, -0.25) is 5.32 Å². The Morgan fingerprint density at radius 1 is 0.788 bits per heavy atom. The number of hydrogen-bond donors (Lipinski definition) is 1. The van der Waals surface area contributed by atoms with Gasteiger partial charge in [0.05, 0.1) is 12.2 Å². The van der Waals surface area contributed by atoms with Gasteiger partial charge in [-0.15, -0.1) is 0 Å². The van der Waals surface area contributed by atoms with Crippen molar-refractivity contribution in [1.29, 1.82) is 0 Å². The molecule has 5 unspecified atom stereocenters. The number of rotatable bonds is 4. The average molecular weight is 453 g/mol. The molecule has 4 aliphatic carbocycles. The van der Waals surface area contributed by atoms with Crippen LogP contribution in [0.15, 0.2) is 97.2 Å². The Hall–Kier alpha value is -2.20. The van der Waals surface area contributed by atoms with E-state index in [4.69, 9.17) is 0 Å². The lowest BCUT2D eigenvalue weighted by Gasteiger charge is -2.48. The van der Waals surface area contributed by atoms with Crippen LogP contribution in [0.3, 0.4) is 0 Å². The van der Waals surface area contributed by atoms with Gasteiger partial charge < -0.3 is 4.57 Å². The molecule has 1 aromatic carbocycles. The van der Waals surface area contributed by atoms with E-state index < -0.39 is 8.24 Å². The van der Waals surface area contributed by atoms with Crippen molar-refractivity contribution in [3.8, 4) is 0 Å². The summed E-state index contributed by atoms with van der Waals surface area (Å²) in [6.45, 7) is 7.68. The van der Waals surface area contributed by atoms with Gasteiger partial charge in [0, 0.05) is 6.04 Å². The van der Waals surface area contributed by atoms with Crippen LogP contribution < -0.4 is 5.32 Å². The van der Waals surface area contributed by atoms with Crippen LogP contribution in [-0.2, 0) is 0 Å². The molecule has 1 aliphatic heterocycles. The Morgan fingerprint density at radius 2 is 1.39 bits per heavy atom. The van der Waals surface area contributed by atoms with E-state index in [2.05, 4.69) is 127 Å². The third-order valence-corrected chi connectivity index (χ3v) is 13.3. The molecule has 2 fully saturated rings. The maximum absolute atomic E-state index is 4.09. The van der Waals surface area contributed by atoms with Crippen LogP contribution >= 0.6 is 0 Å². The number of allylic oxidation sites excluding steroid dienone is 10. The minimum atomic E-state index is -1.85. The second-order valence-electron chi connectivity index (χ2n) is 10.9. The van der Waals surface area contributed by atoms with Crippen molar-refractivity contribution in [3.05, 3.63) is 103 Å². The summed E-state index contributed by atoms with van der Waals surface area (Å²) in [6.07, 6.45) is 27.9. The zero-order valence-corrected chi connectivity index (χ0v) is 21.0. The zero-order chi connectivity index (χ0) is 22.6. The van der Waals surface area contributed by atoms with E-state index in [1.165, 1.54) is 11.1 Å². The molecule has 1 saturated heterocycles. The normalized spacial score (nSPS) is 38.8. The van der Waals surface area contributed by atoms with Crippen LogP contribution in [0.25, 0.3) is 5.57 Å². The second kappa shape index (κ2) is 8.23. The second-order valence-corrected chi connectivity index (χ2v) is 15.4. The van der Waals surface area contributed by atoms with Crippen molar-refractivity contribution in [3.63, 3.8) is 0 Å². The number of benzene rings is 1. The molecular weight excluding hydrogens is 416 g/mol. The zero-order valence-electron chi connectivity index (χ0n) is 20.0.